The summed E-state index contributed by atoms with van der Waals surface area (Å²) in [5.41, 5.74) is 0. The lowest BCUT2D eigenvalue weighted by molar-refractivity contribution is 0.310. The summed E-state index contributed by atoms with van der Waals surface area (Å²) >= 11 is 0. The van der Waals surface area contributed by atoms with Crippen LogP contribution >= 0.6 is 0 Å². The largest absolute Gasteiger partial charge is 0.334 e. The van der Waals surface area contributed by atoms with Crippen molar-refractivity contribution in [2.45, 2.75) is 38.3 Å². The molecule has 1 aliphatic rings. The lowest BCUT2D eigenvalue weighted by Crippen LogP contribution is -2.37. The van der Waals surface area contributed by atoms with E-state index in [1.165, 1.54) is 4.31 Å². The summed E-state index contributed by atoms with van der Waals surface area (Å²) in [7, 11) is -1.82. The summed E-state index contributed by atoms with van der Waals surface area (Å²) in [5.74, 6) is 1.17. The van der Waals surface area contributed by atoms with Crippen molar-refractivity contribution in [1.82, 2.24) is 19.2 Å². The number of aromatic nitrogens is 2. The molecular weight excluding hydrogens is 276 g/mol. The molecule has 1 N–H and O–H groups in total. The molecule has 0 unspecified atom stereocenters. The molecule has 1 aromatic heterocycles. The maximum Gasteiger partial charge on any atom is 0.261 e. The van der Waals surface area contributed by atoms with Gasteiger partial charge in [-0.3, -0.25) is 0 Å². The predicted octanol–water partition coefficient (Wildman–Crippen LogP) is 0.832. The van der Waals surface area contributed by atoms with Crippen LogP contribution in [0.4, 0.5) is 0 Å². The molecule has 0 spiro atoms. The van der Waals surface area contributed by atoms with Crippen molar-refractivity contribution in [2.75, 3.05) is 26.7 Å². The minimum absolute atomic E-state index is 0.160. The second-order valence-corrected chi connectivity index (χ2v) is 7.38. The van der Waals surface area contributed by atoms with Crippen LogP contribution in [0.2, 0.25) is 0 Å². The average Bonchev–Trinajstić information content (AvgIpc) is 2.81. The molecule has 0 saturated carbocycles. The van der Waals surface area contributed by atoms with Gasteiger partial charge < -0.3 is 9.88 Å². The Morgan fingerprint density at radius 3 is 2.65 bits per heavy atom. The van der Waals surface area contributed by atoms with Crippen molar-refractivity contribution >= 4 is 10.0 Å². The average molecular weight is 300 g/mol. The predicted molar refractivity (Wildman–Crippen MR) is 78.0 cm³/mol. The van der Waals surface area contributed by atoms with Crippen LogP contribution in [0.5, 0.6) is 0 Å². The van der Waals surface area contributed by atoms with Gasteiger partial charge in [-0.1, -0.05) is 0 Å². The number of sulfonamides is 1. The Morgan fingerprint density at radius 1 is 1.45 bits per heavy atom. The van der Waals surface area contributed by atoms with Crippen molar-refractivity contribution in [3.8, 4) is 0 Å². The molecule has 1 fully saturated rings. The van der Waals surface area contributed by atoms with E-state index in [0.29, 0.717) is 12.5 Å². The van der Waals surface area contributed by atoms with Crippen LogP contribution in [-0.4, -0.2) is 49.0 Å². The van der Waals surface area contributed by atoms with Gasteiger partial charge in [-0.25, -0.2) is 13.4 Å². The number of nitrogens with zero attached hydrogens (tertiary/aromatic N) is 3. The van der Waals surface area contributed by atoms with Crippen LogP contribution in [0.1, 0.15) is 25.6 Å². The van der Waals surface area contributed by atoms with E-state index in [9.17, 15) is 8.42 Å². The Hall–Kier alpha value is -0.920. The summed E-state index contributed by atoms with van der Waals surface area (Å²) in [5, 5.41) is 3.45. The molecular formula is C13H24N4O2S. The minimum Gasteiger partial charge on any atom is -0.334 e. The fourth-order valence-electron chi connectivity index (χ4n) is 2.61. The highest BCUT2D eigenvalue weighted by Crippen LogP contribution is 2.19. The third-order valence-corrected chi connectivity index (χ3v) is 5.64. The van der Waals surface area contributed by atoms with Gasteiger partial charge in [0.05, 0.1) is 0 Å². The summed E-state index contributed by atoms with van der Waals surface area (Å²) < 4.78 is 28.3. The van der Waals surface area contributed by atoms with E-state index in [4.69, 9.17) is 0 Å². The number of imidazole rings is 1. The number of piperidine rings is 1. The van der Waals surface area contributed by atoms with Crippen LogP contribution in [0, 0.1) is 12.8 Å². The topological polar surface area (TPSA) is 67.2 Å². The van der Waals surface area contributed by atoms with Gasteiger partial charge in [0.25, 0.3) is 10.0 Å². The Morgan fingerprint density at radius 2 is 2.10 bits per heavy atom. The fraction of sp³-hybridized carbons (Fsp3) is 0.769. The van der Waals surface area contributed by atoms with E-state index < -0.39 is 10.0 Å². The third kappa shape index (κ3) is 3.21. The molecule has 6 nitrogen and oxygen atoms in total. The van der Waals surface area contributed by atoms with Crippen LogP contribution in [0.3, 0.4) is 0 Å². The van der Waals surface area contributed by atoms with Crippen molar-refractivity contribution in [2.24, 2.45) is 5.92 Å². The van der Waals surface area contributed by atoms with Gasteiger partial charge in [0.2, 0.25) is 0 Å². The van der Waals surface area contributed by atoms with Crippen molar-refractivity contribution < 1.29 is 8.42 Å². The van der Waals surface area contributed by atoms with Crippen molar-refractivity contribution in [3.63, 3.8) is 0 Å². The monoisotopic (exact) mass is 300 g/mol. The molecule has 20 heavy (non-hydrogen) atoms. The van der Waals surface area contributed by atoms with Gasteiger partial charge in [-0.2, -0.15) is 4.31 Å². The zero-order chi connectivity index (χ0) is 14.8. The van der Waals surface area contributed by atoms with E-state index >= 15 is 0 Å². The highest BCUT2D eigenvalue weighted by Gasteiger charge is 2.27. The van der Waals surface area contributed by atoms with Gasteiger partial charge in [-0.05, 0) is 45.7 Å². The Bertz CT molecular complexity index is 547. The van der Waals surface area contributed by atoms with Gasteiger partial charge in [-0.15, -0.1) is 0 Å². The SMILES string of the molecule is CCn1cc(S(=O)(=O)N(C)CC2CCNCC2)nc1C. The van der Waals surface area contributed by atoms with Crippen LogP contribution in [0.15, 0.2) is 11.2 Å². The van der Waals surface area contributed by atoms with Crippen molar-refractivity contribution in [1.29, 1.82) is 0 Å². The van der Waals surface area contributed by atoms with Crippen LogP contribution < -0.4 is 5.32 Å². The highest BCUT2D eigenvalue weighted by molar-refractivity contribution is 7.89. The molecule has 114 valence electrons. The first kappa shape index (κ1) is 15.5. The van der Waals surface area contributed by atoms with Gasteiger partial charge in [0.1, 0.15) is 5.82 Å². The van der Waals surface area contributed by atoms with E-state index in [1.54, 1.807) is 13.2 Å². The number of hydrogen-bond acceptors (Lipinski definition) is 4. The van der Waals surface area contributed by atoms with Gasteiger partial charge >= 0.3 is 0 Å². The molecule has 0 atom stereocenters. The maximum absolute atomic E-state index is 12.5. The second-order valence-electron chi connectivity index (χ2n) is 5.39. The van der Waals surface area contributed by atoms with Crippen LogP contribution in [0.25, 0.3) is 0 Å². The van der Waals surface area contributed by atoms with E-state index in [1.807, 2.05) is 18.4 Å². The molecule has 0 amide bonds. The lowest BCUT2D eigenvalue weighted by atomic mass is 9.98. The molecule has 0 radical (unpaired) electrons. The Balaban J connectivity index is 2.11. The minimum atomic E-state index is -3.47. The maximum atomic E-state index is 12.5. The smallest absolute Gasteiger partial charge is 0.261 e. The summed E-state index contributed by atoms with van der Waals surface area (Å²) in [6.45, 7) is 7.05. The summed E-state index contributed by atoms with van der Waals surface area (Å²) in [6, 6.07) is 0. The van der Waals surface area contributed by atoms with Gasteiger partial charge in [0, 0.05) is 26.3 Å². The summed E-state index contributed by atoms with van der Waals surface area (Å²) in [6.07, 6.45) is 3.69. The normalized spacial score (nSPS) is 17.8. The van der Waals surface area contributed by atoms with Gasteiger partial charge in [0.15, 0.2) is 5.03 Å². The first-order valence-electron chi connectivity index (χ1n) is 7.16. The first-order valence-corrected chi connectivity index (χ1v) is 8.60. The zero-order valence-electron chi connectivity index (χ0n) is 12.5. The molecule has 1 aromatic rings. The van der Waals surface area contributed by atoms with Crippen LogP contribution in [-0.2, 0) is 16.6 Å². The molecule has 7 heteroatoms. The van der Waals surface area contributed by atoms with E-state index in [0.717, 1.165) is 38.3 Å². The molecule has 0 bridgehead atoms. The molecule has 2 heterocycles. The number of hydrogen-bond donors (Lipinski definition) is 1. The molecule has 0 aromatic carbocycles. The third-order valence-electron chi connectivity index (χ3n) is 3.94. The highest BCUT2D eigenvalue weighted by atomic mass is 32.2. The van der Waals surface area contributed by atoms with E-state index in [-0.39, 0.29) is 5.03 Å². The standard InChI is InChI=1S/C13H24N4O2S/c1-4-17-10-13(15-11(17)2)20(18,19)16(3)9-12-5-7-14-8-6-12/h10,12,14H,4-9H2,1-3H3. The summed E-state index contributed by atoms with van der Waals surface area (Å²) in [4.78, 5) is 4.19. The molecule has 2 rings (SSSR count). The Labute approximate surface area is 121 Å². The van der Waals surface area contributed by atoms with Crippen molar-refractivity contribution in [3.05, 3.63) is 12.0 Å². The number of rotatable bonds is 5. The first-order chi connectivity index (χ1) is 9.45. The molecule has 1 aliphatic heterocycles. The molecule has 0 aliphatic carbocycles. The van der Waals surface area contributed by atoms with E-state index in [2.05, 4.69) is 10.3 Å². The zero-order valence-corrected chi connectivity index (χ0v) is 13.3. The lowest BCUT2D eigenvalue weighted by Gasteiger charge is -2.26. The quantitative estimate of drug-likeness (QED) is 0.875. The fourth-order valence-corrected chi connectivity index (χ4v) is 3.84. The molecule has 1 saturated heterocycles. The Kier molecular flexibility index (Phi) is 4.82. The second kappa shape index (κ2) is 6.24. The number of nitrogens with one attached hydrogen (secondary N) is 1. The number of aryl methyl sites for hydroxylation is 2.